The van der Waals surface area contributed by atoms with Gasteiger partial charge in [-0.3, -0.25) is 14.6 Å². The summed E-state index contributed by atoms with van der Waals surface area (Å²) in [4.78, 5) is 30.5. The molecule has 6 nitrogen and oxygen atoms in total. The van der Waals surface area contributed by atoms with Gasteiger partial charge in [-0.25, -0.2) is 0 Å². The van der Waals surface area contributed by atoms with Crippen molar-refractivity contribution >= 4 is 11.8 Å². The lowest BCUT2D eigenvalue weighted by molar-refractivity contribution is -0.133. The number of amides is 2. The van der Waals surface area contributed by atoms with Gasteiger partial charge in [-0.1, -0.05) is 12.1 Å². The van der Waals surface area contributed by atoms with Crippen LogP contribution in [0, 0.1) is 11.8 Å². The van der Waals surface area contributed by atoms with Gasteiger partial charge in [0.2, 0.25) is 11.8 Å². The molecule has 1 fully saturated rings. The van der Waals surface area contributed by atoms with E-state index in [2.05, 4.69) is 10.3 Å². The number of carbonyl (C=O) groups is 2. The van der Waals surface area contributed by atoms with Gasteiger partial charge in [-0.2, -0.15) is 0 Å². The standard InChI is InChI=1S/C21H25N3O3/c1-24(12-9-15-7-10-22-11-8-15)21(26)19-13-18(19)20(25)23-14-16-3-5-17(27-2)6-4-16/h3-8,10-11,18-19H,9,12-14H2,1-2H3,(H,23,25). The molecule has 0 radical (unpaired) electrons. The topological polar surface area (TPSA) is 71.5 Å². The Labute approximate surface area is 159 Å². The van der Waals surface area contributed by atoms with Gasteiger partial charge in [0, 0.05) is 32.5 Å². The van der Waals surface area contributed by atoms with Gasteiger partial charge >= 0.3 is 0 Å². The molecule has 2 aromatic rings. The molecule has 0 bridgehead atoms. The Morgan fingerprint density at radius 1 is 1.11 bits per heavy atom. The fourth-order valence-corrected chi connectivity index (χ4v) is 3.06. The first kappa shape index (κ1) is 18.9. The summed E-state index contributed by atoms with van der Waals surface area (Å²) < 4.78 is 5.12. The highest BCUT2D eigenvalue weighted by atomic mass is 16.5. The Bertz CT molecular complexity index is 777. The number of pyridine rings is 1. The van der Waals surface area contributed by atoms with E-state index in [1.54, 1.807) is 31.5 Å². The quantitative estimate of drug-likeness (QED) is 0.775. The Kier molecular flexibility index (Phi) is 6.06. The number of hydrogen-bond donors (Lipinski definition) is 1. The van der Waals surface area contributed by atoms with E-state index in [1.165, 1.54) is 0 Å². The molecule has 2 amide bonds. The molecule has 2 atom stereocenters. The number of carbonyl (C=O) groups excluding carboxylic acids is 2. The van der Waals surface area contributed by atoms with Gasteiger partial charge in [0.15, 0.2) is 0 Å². The van der Waals surface area contributed by atoms with Crippen molar-refractivity contribution in [2.75, 3.05) is 20.7 Å². The number of hydrogen-bond acceptors (Lipinski definition) is 4. The third kappa shape index (κ3) is 5.06. The smallest absolute Gasteiger partial charge is 0.226 e. The molecule has 2 unspecified atom stereocenters. The van der Waals surface area contributed by atoms with E-state index < -0.39 is 0 Å². The molecule has 1 N–H and O–H groups in total. The second-order valence-electron chi connectivity index (χ2n) is 6.88. The third-order valence-electron chi connectivity index (χ3n) is 4.93. The van der Waals surface area contributed by atoms with Crippen LogP contribution in [0.5, 0.6) is 5.75 Å². The van der Waals surface area contributed by atoms with Gasteiger partial charge in [0.05, 0.1) is 18.9 Å². The Balaban J connectivity index is 1.42. The van der Waals surface area contributed by atoms with Crippen LogP contribution in [0.15, 0.2) is 48.8 Å². The number of ether oxygens (including phenoxy) is 1. The van der Waals surface area contributed by atoms with Crippen molar-refractivity contribution < 1.29 is 14.3 Å². The van der Waals surface area contributed by atoms with Crippen molar-refractivity contribution in [3.8, 4) is 5.75 Å². The van der Waals surface area contributed by atoms with Crippen LogP contribution in [0.3, 0.4) is 0 Å². The highest BCUT2D eigenvalue weighted by Crippen LogP contribution is 2.40. The molecule has 0 aliphatic heterocycles. The van der Waals surface area contributed by atoms with Gasteiger partial charge in [-0.05, 0) is 48.2 Å². The predicted octanol–water partition coefficient (Wildman–Crippen LogP) is 2.04. The molecule has 0 spiro atoms. The van der Waals surface area contributed by atoms with Crippen LogP contribution < -0.4 is 10.1 Å². The SMILES string of the molecule is COc1ccc(CNC(=O)C2CC2C(=O)N(C)CCc2ccncc2)cc1. The Morgan fingerprint density at radius 3 is 2.48 bits per heavy atom. The summed E-state index contributed by atoms with van der Waals surface area (Å²) in [6.07, 6.45) is 4.92. The fourth-order valence-electron chi connectivity index (χ4n) is 3.06. The van der Waals surface area contributed by atoms with Crippen LogP contribution in [0.4, 0.5) is 0 Å². The fraction of sp³-hybridized carbons (Fsp3) is 0.381. The summed E-state index contributed by atoms with van der Waals surface area (Å²) in [5, 5.41) is 2.92. The van der Waals surface area contributed by atoms with Crippen molar-refractivity contribution in [2.45, 2.75) is 19.4 Å². The number of nitrogens with one attached hydrogen (secondary N) is 1. The van der Waals surface area contributed by atoms with E-state index in [0.29, 0.717) is 19.5 Å². The minimum atomic E-state index is -0.209. The lowest BCUT2D eigenvalue weighted by atomic mass is 10.2. The maximum atomic E-state index is 12.5. The molecule has 0 saturated heterocycles. The lowest BCUT2D eigenvalue weighted by Gasteiger charge is -2.17. The van der Waals surface area contributed by atoms with E-state index >= 15 is 0 Å². The minimum absolute atomic E-state index is 0.0494. The largest absolute Gasteiger partial charge is 0.497 e. The van der Waals surface area contributed by atoms with Gasteiger partial charge in [0.25, 0.3) is 0 Å². The molecule has 1 aromatic carbocycles. The van der Waals surface area contributed by atoms with E-state index in [-0.39, 0.29) is 23.7 Å². The van der Waals surface area contributed by atoms with Crippen LogP contribution in [0.25, 0.3) is 0 Å². The Hall–Kier alpha value is -2.89. The number of likely N-dealkylation sites (N-methyl/N-ethyl adjacent to an activating group) is 1. The zero-order chi connectivity index (χ0) is 19.2. The number of benzene rings is 1. The second kappa shape index (κ2) is 8.66. The number of methoxy groups -OCH3 is 1. The van der Waals surface area contributed by atoms with E-state index in [0.717, 1.165) is 23.3 Å². The lowest BCUT2D eigenvalue weighted by Crippen LogP contribution is -2.32. The van der Waals surface area contributed by atoms with Crippen LogP contribution >= 0.6 is 0 Å². The van der Waals surface area contributed by atoms with Crippen LogP contribution in [0.2, 0.25) is 0 Å². The molecule has 1 aliphatic rings. The van der Waals surface area contributed by atoms with Crippen molar-refractivity contribution in [3.63, 3.8) is 0 Å². The zero-order valence-corrected chi connectivity index (χ0v) is 15.7. The molecule has 6 heteroatoms. The maximum Gasteiger partial charge on any atom is 0.226 e. The van der Waals surface area contributed by atoms with Crippen molar-refractivity contribution in [3.05, 3.63) is 59.9 Å². The van der Waals surface area contributed by atoms with E-state index in [1.807, 2.05) is 36.4 Å². The summed E-state index contributed by atoms with van der Waals surface area (Å²) >= 11 is 0. The second-order valence-corrected chi connectivity index (χ2v) is 6.88. The molecule has 1 heterocycles. The van der Waals surface area contributed by atoms with Gasteiger partial charge in [0.1, 0.15) is 5.75 Å². The van der Waals surface area contributed by atoms with Crippen molar-refractivity contribution in [2.24, 2.45) is 11.8 Å². The highest BCUT2D eigenvalue weighted by Gasteiger charge is 2.48. The zero-order valence-electron chi connectivity index (χ0n) is 15.7. The molecule has 27 heavy (non-hydrogen) atoms. The molecule has 1 aromatic heterocycles. The first-order valence-electron chi connectivity index (χ1n) is 9.13. The molecule has 142 valence electrons. The van der Waals surface area contributed by atoms with Crippen LogP contribution in [0.1, 0.15) is 17.5 Å². The number of nitrogens with zero attached hydrogens (tertiary/aromatic N) is 2. The van der Waals surface area contributed by atoms with E-state index in [4.69, 9.17) is 4.74 Å². The number of aromatic nitrogens is 1. The highest BCUT2D eigenvalue weighted by molar-refractivity contribution is 5.92. The monoisotopic (exact) mass is 367 g/mol. The predicted molar refractivity (Wildman–Crippen MR) is 102 cm³/mol. The Morgan fingerprint density at radius 2 is 1.81 bits per heavy atom. The van der Waals surface area contributed by atoms with Crippen LogP contribution in [-0.4, -0.2) is 42.4 Å². The summed E-state index contributed by atoms with van der Waals surface area (Å²) in [5.74, 6) is 0.385. The maximum absolute atomic E-state index is 12.5. The van der Waals surface area contributed by atoms with Gasteiger partial charge in [-0.15, -0.1) is 0 Å². The molecule has 1 aliphatic carbocycles. The average molecular weight is 367 g/mol. The molecule has 1 saturated carbocycles. The van der Waals surface area contributed by atoms with Crippen molar-refractivity contribution in [1.82, 2.24) is 15.2 Å². The first-order valence-corrected chi connectivity index (χ1v) is 9.13. The average Bonchev–Trinajstić information content (AvgIpc) is 3.51. The number of rotatable bonds is 8. The normalized spacial score (nSPS) is 17.9. The summed E-state index contributed by atoms with van der Waals surface area (Å²) in [5.41, 5.74) is 2.15. The summed E-state index contributed by atoms with van der Waals surface area (Å²) in [6, 6.07) is 11.5. The third-order valence-corrected chi connectivity index (χ3v) is 4.93. The summed E-state index contributed by atoms with van der Waals surface area (Å²) in [6.45, 7) is 1.09. The minimum Gasteiger partial charge on any atom is -0.497 e. The summed E-state index contributed by atoms with van der Waals surface area (Å²) in [7, 11) is 3.42. The van der Waals surface area contributed by atoms with Gasteiger partial charge < -0.3 is 15.0 Å². The molecule has 3 rings (SSSR count). The molecular formula is C21H25N3O3. The molecular weight excluding hydrogens is 342 g/mol. The van der Waals surface area contributed by atoms with Crippen molar-refractivity contribution in [1.29, 1.82) is 0 Å². The van der Waals surface area contributed by atoms with E-state index in [9.17, 15) is 9.59 Å². The van der Waals surface area contributed by atoms with Crippen LogP contribution in [-0.2, 0) is 22.6 Å². The first-order chi connectivity index (χ1) is 13.1.